The number of benzene rings is 1. The van der Waals surface area contributed by atoms with Crippen LogP contribution in [0.1, 0.15) is 23.5 Å². The van der Waals surface area contributed by atoms with E-state index < -0.39 is 0 Å². The maximum Gasteiger partial charge on any atom is 0.227 e. The standard InChI is InChI=1S/C12H15FN2O/c1-7-2-3-8(4-11(7)13)10-5-9(6-14)15-12(10)16/h2-4,9-10H,5-6,14H2,1H3,(H,15,16)/t9?,10-/m1/s1. The van der Waals surface area contributed by atoms with Crippen LogP contribution in [-0.4, -0.2) is 18.5 Å². The molecule has 3 nitrogen and oxygen atoms in total. The summed E-state index contributed by atoms with van der Waals surface area (Å²) in [6, 6.07) is 4.97. The largest absolute Gasteiger partial charge is 0.352 e. The van der Waals surface area contributed by atoms with Crippen molar-refractivity contribution in [3.63, 3.8) is 0 Å². The monoisotopic (exact) mass is 222 g/mol. The molecule has 16 heavy (non-hydrogen) atoms. The van der Waals surface area contributed by atoms with E-state index in [1.54, 1.807) is 13.0 Å². The molecule has 0 aromatic heterocycles. The summed E-state index contributed by atoms with van der Waals surface area (Å²) in [7, 11) is 0. The highest BCUT2D eigenvalue weighted by Gasteiger charge is 2.32. The van der Waals surface area contributed by atoms with E-state index in [0.29, 0.717) is 18.5 Å². The number of carbonyl (C=O) groups is 1. The van der Waals surface area contributed by atoms with Gasteiger partial charge in [0, 0.05) is 12.6 Å². The molecule has 1 heterocycles. The van der Waals surface area contributed by atoms with E-state index in [-0.39, 0.29) is 23.7 Å². The van der Waals surface area contributed by atoms with Crippen LogP contribution in [0.4, 0.5) is 4.39 Å². The first kappa shape index (κ1) is 11.1. The average Bonchev–Trinajstić information content (AvgIpc) is 2.64. The Balaban J connectivity index is 2.24. The summed E-state index contributed by atoms with van der Waals surface area (Å²) in [5.74, 6) is -0.580. The molecular weight excluding hydrogens is 207 g/mol. The van der Waals surface area contributed by atoms with Gasteiger partial charge in [-0.05, 0) is 30.5 Å². The zero-order valence-electron chi connectivity index (χ0n) is 9.16. The Morgan fingerprint density at radius 1 is 1.56 bits per heavy atom. The highest BCUT2D eigenvalue weighted by atomic mass is 19.1. The molecule has 1 aliphatic rings. The van der Waals surface area contributed by atoms with E-state index in [4.69, 9.17) is 5.73 Å². The zero-order chi connectivity index (χ0) is 11.7. The Morgan fingerprint density at radius 3 is 2.88 bits per heavy atom. The lowest BCUT2D eigenvalue weighted by molar-refractivity contribution is -0.120. The Kier molecular flexibility index (Phi) is 2.92. The van der Waals surface area contributed by atoms with E-state index in [0.717, 1.165) is 5.56 Å². The highest BCUT2D eigenvalue weighted by molar-refractivity contribution is 5.86. The third-order valence-electron chi connectivity index (χ3n) is 3.07. The molecule has 1 fully saturated rings. The molecule has 1 amide bonds. The van der Waals surface area contributed by atoms with E-state index in [1.807, 2.05) is 6.07 Å². The molecule has 0 bridgehead atoms. The summed E-state index contributed by atoms with van der Waals surface area (Å²) in [5.41, 5.74) is 6.83. The van der Waals surface area contributed by atoms with Gasteiger partial charge < -0.3 is 11.1 Å². The van der Waals surface area contributed by atoms with Crippen LogP contribution in [0.15, 0.2) is 18.2 Å². The minimum absolute atomic E-state index is 0.0156. The quantitative estimate of drug-likeness (QED) is 0.786. The van der Waals surface area contributed by atoms with Gasteiger partial charge in [0.25, 0.3) is 0 Å². The first-order valence-corrected chi connectivity index (χ1v) is 5.38. The lowest BCUT2D eigenvalue weighted by Crippen LogP contribution is -2.32. The third-order valence-corrected chi connectivity index (χ3v) is 3.07. The number of nitrogens with one attached hydrogen (secondary N) is 1. The summed E-state index contributed by atoms with van der Waals surface area (Å²) < 4.78 is 13.4. The van der Waals surface area contributed by atoms with Crippen molar-refractivity contribution < 1.29 is 9.18 Å². The minimum Gasteiger partial charge on any atom is -0.352 e. The molecule has 1 aromatic rings. The minimum atomic E-state index is -0.263. The first-order chi connectivity index (χ1) is 7.61. The lowest BCUT2D eigenvalue weighted by Gasteiger charge is -2.08. The summed E-state index contributed by atoms with van der Waals surface area (Å²) >= 11 is 0. The van der Waals surface area contributed by atoms with Crippen LogP contribution in [0.3, 0.4) is 0 Å². The third kappa shape index (κ3) is 1.93. The maximum absolute atomic E-state index is 13.4. The second-order valence-corrected chi connectivity index (χ2v) is 4.24. The molecule has 3 N–H and O–H groups in total. The fraction of sp³-hybridized carbons (Fsp3) is 0.417. The summed E-state index contributed by atoms with van der Waals surface area (Å²) in [4.78, 5) is 11.7. The van der Waals surface area contributed by atoms with Crippen molar-refractivity contribution in [2.24, 2.45) is 5.73 Å². The predicted molar refractivity (Wildman–Crippen MR) is 59.5 cm³/mol. The van der Waals surface area contributed by atoms with Gasteiger partial charge >= 0.3 is 0 Å². The van der Waals surface area contributed by atoms with Gasteiger partial charge in [-0.3, -0.25) is 4.79 Å². The average molecular weight is 222 g/mol. The van der Waals surface area contributed by atoms with Crippen LogP contribution in [0.5, 0.6) is 0 Å². The number of carbonyl (C=O) groups excluding carboxylic acids is 1. The number of hydrogen-bond donors (Lipinski definition) is 2. The van der Waals surface area contributed by atoms with E-state index >= 15 is 0 Å². The van der Waals surface area contributed by atoms with E-state index in [2.05, 4.69) is 5.32 Å². The second-order valence-electron chi connectivity index (χ2n) is 4.24. The molecule has 0 spiro atoms. The van der Waals surface area contributed by atoms with Crippen LogP contribution in [-0.2, 0) is 4.79 Å². The lowest BCUT2D eigenvalue weighted by atomic mass is 9.95. The number of aryl methyl sites for hydroxylation is 1. The Bertz CT molecular complexity index is 419. The molecule has 0 aliphatic carbocycles. The summed E-state index contributed by atoms with van der Waals surface area (Å²) in [5, 5.41) is 2.80. The highest BCUT2D eigenvalue weighted by Crippen LogP contribution is 2.27. The van der Waals surface area contributed by atoms with Crippen molar-refractivity contribution in [1.82, 2.24) is 5.32 Å². The van der Waals surface area contributed by atoms with Crippen molar-refractivity contribution in [2.45, 2.75) is 25.3 Å². The van der Waals surface area contributed by atoms with Gasteiger partial charge in [0.15, 0.2) is 0 Å². The maximum atomic E-state index is 13.4. The topological polar surface area (TPSA) is 55.1 Å². The van der Waals surface area contributed by atoms with Gasteiger partial charge in [0.1, 0.15) is 5.82 Å². The van der Waals surface area contributed by atoms with Crippen LogP contribution in [0.2, 0.25) is 0 Å². The van der Waals surface area contributed by atoms with Crippen LogP contribution in [0.25, 0.3) is 0 Å². The Hall–Kier alpha value is -1.42. The first-order valence-electron chi connectivity index (χ1n) is 5.38. The molecule has 2 atom stereocenters. The number of halogens is 1. The van der Waals surface area contributed by atoms with Gasteiger partial charge in [0.2, 0.25) is 5.91 Å². The summed E-state index contributed by atoms with van der Waals surface area (Å²) in [6.07, 6.45) is 0.651. The van der Waals surface area contributed by atoms with Crippen molar-refractivity contribution >= 4 is 5.91 Å². The molecule has 1 unspecified atom stereocenters. The molecule has 2 rings (SSSR count). The summed E-state index contributed by atoms with van der Waals surface area (Å²) in [6.45, 7) is 2.13. The van der Waals surface area contributed by atoms with Gasteiger partial charge in [-0.1, -0.05) is 12.1 Å². The Labute approximate surface area is 93.8 Å². The van der Waals surface area contributed by atoms with Crippen molar-refractivity contribution in [2.75, 3.05) is 6.54 Å². The van der Waals surface area contributed by atoms with Gasteiger partial charge in [-0.2, -0.15) is 0 Å². The number of rotatable bonds is 2. The molecular formula is C12H15FN2O. The van der Waals surface area contributed by atoms with Crippen LogP contribution < -0.4 is 11.1 Å². The molecule has 86 valence electrons. The van der Waals surface area contributed by atoms with Crippen molar-refractivity contribution in [3.05, 3.63) is 35.1 Å². The molecule has 1 saturated heterocycles. The SMILES string of the molecule is Cc1ccc([C@H]2CC(CN)NC2=O)cc1F. The fourth-order valence-corrected chi connectivity index (χ4v) is 2.02. The predicted octanol–water partition coefficient (Wildman–Crippen LogP) is 1.06. The molecule has 1 aromatic carbocycles. The molecule has 4 heteroatoms. The number of hydrogen-bond acceptors (Lipinski definition) is 2. The smallest absolute Gasteiger partial charge is 0.227 e. The van der Waals surface area contributed by atoms with Gasteiger partial charge in [0.05, 0.1) is 5.92 Å². The van der Waals surface area contributed by atoms with Crippen LogP contribution in [0, 0.1) is 12.7 Å². The van der Waals surface area contributed by atoms with E-state index in [1.165, 1.54) is 6.07 Å². The molecule has 1 aliphatic heterocycles. The van der Waals surface area contributed by atoms with Crippen molar-refractivity contribution in [1.29, 1.82) is 0 Å². The number of amides is 1. The zero-order valence-corrected chi connectivity index (χ0v) is 9.16. The van der Waals surface area contributed by atoms with Crippen LogP contribution >= 0.6 is 0 Å². The second kappa shape index (κ2) is 4.22. The molecule has 0 saturated carbocycles. The molecule has 0 radical (unpaired) electrons. The van der Waals surface area contributed by atoms with Crippen molar-refractivity contribution in [3.8, 4) is 0 Å². The fourth-order valence-electron chi connectivity index (χ4n) is 2.02. The van der Waals surface area contributed by atoms with Gasteiger partial charge in [-0.25, -0.2) is 4.39 Å². The number of nitrogens with two attached hydrogens (primary N) is 1. The van der Waals surface area contributed by atoms with E-state index in [9.17, 15) is 9.18 Å². The van der Waals surface area contributed by atoms with Gasteiger partial charge in [-0.15, -0.1) is 0 Å². The normalized spacial score (nSPS) is 24.6. The Morgan fingerprint density at radius 2 is 2.31 bits per heavy atom.